The molecule has 0 fully saturated rings. The number of aryl methyl sites for hydroxylation is 3. The highest BCUT2D eigenvalue weighted by atomic mass is 16.1. The van der Waals surface area contributed by atoms with Crippen molar-refractivity contribution in [3.05, 3.63) is 142 Å². The first kappa shape index (κ1) is 61.9. The zero-order chi connectivity index (χ0) is 59.2. The number of carbonyl (C=O) groups excluding carboxylic acids is 1. The largest absolute Gasteiger partial charge is 0.328 e. The molecule has 0 radical (unpaired) electrons. The highest BCUT2D eigenvalue weighted by Crippen LogP contribution is 2.31. The van der Waals surface area contributed by atoms with Crippen LogP contribution >= 0.6 is 0 Å². The third-order valence-electron chi connectivity index (χ3n) is 12.3. The number of hydrogen-bond acceptors (Lipinski definition) is 13. The molecule has 2 aliphatic heterocycles. The molecule has 422 valence electrons. The van der Waals surface area contributed by atoms with Gasteiger partial charge in [-0.05, 0) is 154 Å². The molecule has 10 heterocycles. The first-order chi connectivity index (χ1) is 36.4. The van der Waals surface area contributed by atoms with Gasteiger partial charge in [0.05, 0.1) is 30.7 Å². The summed E-state index contributed by atoms with van der Waals surface area (Å²) in [6.45, 7) is 47.7. The molecule has 0 aliphatic carbocycles. The van der Waals surface area contributed by atoms with Crippen molar-refractivity contribution >= 4 is 57.4 Å². The molecule has 10 rings (SSSR count). The van der Waals surface area contributed by atoms with E-state index in [0.29, 0.717) is 17.6 Å². The van der Waals surface area contributed by atoms with Crippen molar-refractivity contribution in [3.63, 3.8) is 0 Å². The van der Waals surface area contributed by atoms with Gasteiger partial charge in [0.25, 0.3) is 5.56 Å². The minimum Gasteiger partial charge on any atom is -0.328 e. The molecule has 0 atom stereocenters. The van der Waals surface area contributed by atoms with Crippen LogP contribution in [0.4, 0.5) is 5.82 Å². The summed E-state index contributed by atoms with van der Waals surface area (Å²) in [5.74, 6) is 3.37. The number of ketones is 1. The Balaban J connectivity index is 0.000000175. The smallest absolute Gasteiger partial charge is 0.278 e. The average Bonchev–Trinajstić information content (AvgIpc) is 4.17. The highest BCUT2D eigenvalue weighted by Gasteiger charge is 2.25. The molecule has 0 saturated heterocycles. The lowest BCUT2D eigenvalue weighted by atomic mass is 9.86. The minimum atomic E-state index is -0.196. The van der Waals surface area contributed by atoms with Gasteiger partial charge in [0, 0.05) is 88.5 Å². The molecule has 79 heavy (non-hydrogen) atoms. The number of nitrogens with one attached hydrogen (secondary N) is 2. The van der Waals surface area contributed by atoms with Crippen molar-refractivity contribution in [3.8, 4) is 0 Å². The van der Waals surface area contributed by atoms with Crippen molar-refractivity contribution < 1.29 is 4.79 Å². The van der Waals surface area contributed by atoms with Gasteiger partial charge < -0.3 is 33.1 Å². The van der Waals surface area contributed by atoms with Crippen LogP contribution in [-0.2, 0) is 27.6 Å². The maximum absolute atomic E-state index is 11.5. The fourth-order valence-corrected chi connectivity index (χ4v) is 8.31. The lowest BCUT2D eigenvalue weighted by Gasteiger charge is -2.35. The van der Waals surface area contributed by atoms with Gasteiger partial charge in [-0.3, -0.25) is 14.4 Å². The Kier molecular flexibility index (Phi) is 18.8. The summed E-state index contributed by atoms with van der Waals surface area (Å²) >= 11 is 0. The molecule has 0 saturated carbocycles. The second-order valence-electron chi connectivity index (χ2n) is 25.4. The number of aromatic nitrogens is 13. The Morgan fingerprint density at radius 3 is 1.71 bits per heavy atom. The maximum Gasteiger partial charge on any atom is 0.278 e. The molecule has 2 aliphatic rings. The summed E-state index contributed by atoms with van der Waals surface area (Å²) in [4.78, 5) is 79.1. The number of hydrogen-bond donors (Lipinski definition) is 2. The SMILES string of the molecule is C=C1N=CC=CN1C(C)(C)C.CC(C)(C)n1ccc2c1N=CCC2=O.CC(C)(C)n1cnc2c(=O)[nH]cnc21.Cc1[nH]c(=O)ccc1C(C)(C)C.Cc1ncc2ccn(C(C)(C)C)c2n1.Cc1ncc2ncn(C(C)(C)C)c2n1. The predicted molar refractivity (Wildman–Crippen MR) is 321 cm³/mol. The van der Waals surface area contributed by atoms with Gasteiger partial charge in [0.1, 0.15) is 34.5 Å². The van der Waals surface area contributed by atoms with Gasteiger partial charge in [-0.1, -0.05) is 33.4 Å². The summed E-state index contributed by atoms with van der Waals surface area (Å²) in [7, 11) is 0. The first-order valence-electron chi connectivity index (χ1n) is 26.5. The fraction of sp³-hybridized carbons (Fsp3) is 0.467. The van der Waals surface area contributed by atoms with Crippen LogP contribution in [0.1, 0.15) is 164 Å². The van der Waals surface area contributed by atoms with Crippen LogP contribution in [0.5, 0.6) is 0 Å². The molecule has 8 aromatic heterocycles. The topological polar surface area (TPSA) is 221 Å². The van der Waals surface area contributed by atoms with Crippen molar-refractivity contribution in [1.29, 1.82) is 0 Å². The fourth-order valence-electron chi connectivity index (χ4n) is 8.31. The quantitative estimate of drug-likeness (QED) is 0.145. The number of H-pyrrole nitrogens is 2. The third kappa shape index (κ3) is 16.1. The monoisotopic (exact) mass is 1080 g/mol. The molecule has 0 amide bonds. The summed E-state index contributed by atoms with van der Waals surface area (Å²) in [5.41, 5.74) is 6.61. The molecule has 0 unspecified atom stereocenters. The van der Waals surface area contributed by atoms with E-state index in [4.69, 9.17) is 0 Å². The maximum atomic E-state index is 11.5. The predicted octanol–water partition coefficient (Wildman–Crippen LogP) is 11.9. The van der Waals surface area contributed by atoms with Crippen LogP contribution in [0.25, 0.3) is 33.4 Å². The van der Waals surface area contributed by atoms with Crippen LogP contribution in [0.2, 0.25) is 0 Å². The molecule has 0 aromatic carbocycles. The zero-order valence-corrected chi connectivity index (χ0v) is 50.6. The van der Waals surface area contributed by atoms with E-state index in [-0.39, 0.29) is 50.0 Å². The van der Waals surface area contributed by atoms with Crippen molar-refractivity contribution in [2.75, 3.05) is 0 Å². The number of aliphatic imine (C=N–C) groups is 2. The van der Waals surface area contributed by atoms with Gasteiger partial charge in [-0.2, -0.15) is 0 Å². The minimum absolute atomic E-state index is 0.00947. The zero-order valence-electron chi connectivity index (χ0n) is 50.6. The lowest BCUT2D eigenvalue weighted by Crippen LogP contribution is -2.36. The number of rotatable bonds is 0. The number of pyridine rings is 1. The van der Waals surface area contributed by atoms with Crippen LogP contribution in [0, 0.1) is 20.8 Å². The highest BCUT2D eigenvalue weighted by molar-refractivity contribution is 6.09. The Labute approximate surface area is 465 Å². The second kappa shape index (κ2) is 24.0. The van der Waals surface area contributed by atoms with Gasteiger partial charge in [0.15, 0.2) is 22.6 Å². The normalized spacial score (nSPS) is 13.6. The number of Topliss-reactive ketones (excluding diaryl/α,β-unsaturated/α-hetero) is 1. The molecule has 19 nitrogen and oxygen atoms in total. The average molecular weight is 1080 g/mol. The number of carbonyl (C=O) groups is 1. The van der Waals surface area contributed by atoms with Gasteiger partial charge in [-0.15, -0.1) is 0 Å². The Hall–Kier alpha value is -7.96. The lowest BCUT2D eigenvalue weighted by molar-refractivity contribution is 0.100. The van der Waals surface area contributed by atoms with E-state index in [1.807, 2.05) is 98.7 Å². The van der Waals surface area contributed by atoms with Crippen molar-refractivity contribution in [2.24, 2.45) is 9.98 Å². The van der Waals surface area contributed by atoms with Gasteiger partial charge >= 0.3 is 0 Å². The molecule has 2 N–H and O–H groups in total. The summed E-state index contributed by atoms with van der Waals surface area (Å²) in [6.07, 6.45) is 20.3. The number of allylic oxidation sites excluding steroid dienone is 1. The van der Waals surface area contributed by atoms with E-state index in [9.17, 15) is 14.4 Å². The van der Waals surface area contributed by atoms with Crippen LogP contribution in [-0.4, -0.2) is 91.8 Å². The van der Waals surface area contributed by atoms with Gasteiger partial charge in [0.2, 0.25) is 5.56 Å². The van der Waals surface area contributed by atoms with Crippen LogP contribution in [0.15, 0.2) is 112 Å². The molecule has 8 aromatic rings. The van der Waals surface area contributed by atoms with Gasteiger partial charge in [-0.25, -0.2) is 44.9 Å². The molecular formula is C60H84N16O3. The van der Waals surface area contributed by atoms with Crippen LogP contribution < -0.4 is 11.1 Å². The standard InChI is InChI=1S/C11H15N3.C11H14N2O.C10H14N4.C10H15NO.C9H12N4O.C9H14N2/c1-8-12-7-9-5-6-14(10(9)13-8)11(2,3)4;1-11(2,3)13-7-5-8-9(14)4-6-12-10(8)13;1-7-11-5-8-9(13-7)14(6-12-8)10(2,3)4;1-7-8(10(2,3)4)5-6-9(12)11-7;1-9(2,3)13-5-12-6-7(13)10-4-11-8(6)14;1-8-10-6-5-7-11(8)9(2,3)4/h5-7H,1-4H3;5-7H,4H2,1-3H3;5-6H,1-4H3;5-6H,1-4H3,(H,11,12);4-5H,1-3H3,(H,10,11,14);5-7H,1H2,2-4H3. The van der Waals surface area contributed by atoms with E-state index in [0.717, 1.165) is 56.7 Å². The van der Waals surface area contributed by atoms with Crippen molar-refractivity contribution in [2.45, 2.75) is 185 Å². The number of aromatic amines is 2. The second-order valence-corrected chi connectivity index (χ2v) is 25.4. The summed E-state index contributed by atoms with van der Waals surface area (Å²) in [6, 6.07) is 7.39. The van der Waals surface area contributed by atoms with E-state index in [1.54, 1.807) is 31.0 Å². The summed E-state index contributed by atoms with van der Waals surface area (Å²) < 4.78 is 8.17. The Morgan fingerprint density at radius 1 is 0.582 bits per heavy atom. The molecule has 19 heteroatoms. The van der Waals surface area contributed by atoms with E-state index < -0.39 is 0 Å². The Morgan fingerprint density at radius 2 is 1.15 bits per heavy atom. The molecular weight excluding hydrogens is 993 g/mol. The number of fused-ring (bicyclic) bond motifs is 4. The summed E-state index contributed by atoms with van der Waals surface area (Å²) in [5, 5.41) is 1.10. The van der Waals surface area contributed by atoms with E-state index in [1.165, 1.54) is 11.9 Å². The van der Waals surface area contributed by atoms with Crippen molar-refractivity contribution in [1.82, 2.24) is 68.0 Å². The molecule has 0 bridgehead atoms. The van der Waals surface area contributed by atoms with Crippen LogP contribution in [0.3, 0.4) is 0 Å². The number of nitrogens with zero attached hydrogens (tertiary/aromatic N) is 14. The third-order valence-corrected chi connectivity index (χ3v) is 12.3. The number of imidazole rings is 2. The molecule has 0 spiro atoms. The van der Waals surface area contributed by atoms with E-state index >= 15 is 0 Å². The first-order valence-corrected chi connectivity index (χ1v) is 26.5. The van der Waals surface area contributed by atoms with E-state index in [2.05, 4.69) is 187 Å². The Bertz CT molecular complexity index is 3540.